The molecule has 0 fully saturated rings. The Labute approximate surface area is 209 Å². The van der Waals surface area contributed by atoms with Crippen molar-refractivity contribution in [2.24, 2.45) is 0 Å². The quantitative estimate of drug-likeness (QED) is 0.450. The number of likely N-dealkylation sites (N-methyl/N-ethyl adjacent to an activating group) is 1. The van der Waals surface area contributed by atoms with E-state index in [1.54, 1.807) is 24.3 Å². The first kappa shape index (κ1) is 26.8. The van der Waals surface area contributed by atoms with Crippen LogP contribution in [0, 0.1) is 11.6 Å². The molecule has 0 heterocycles. The third kappa shape index (κ3) is 6.88. The highest BCUT2D eigenvalue weighted by Crippen LogP contribution is 2.23. The normalized spacial score (nSPS) is 12.0. The number of para-hydroxylation sites is 1. The number of amides is 2. The summed E-state index contributed by atoms with van der Waals surface area (Å²) in [6.45, 7) is -0.831. The summed E-state index contributed by atoms with van der Waals surface area (Å²) in [7, 11) is -2.63. The lowest BCUT2D eigenvalue weighted by molar-refractivity contribution is -0.139. The zero-order chi connectivity index (χ0) is 26.3. The molecule has 3 aromatic carbocycles. The van der Waals surface area contributed by atoms with Gasteiger partial charge in [-0.05, 0) is 35.4 Å². The molecular weight excluding hydrogens is 488 g/mol. The standard InChI is InChI=1S/C26H27F2N3O4S/c1-29-26(33)24(16-19-8-4-3-5-9-19)30(17-20-12-14-21(27)15-13-20)25(32)18-31(36(2,34)35)23-11-7-6-10-22(23)28/h3-15,24H,16-18H2,1-2H3,(H,29,33)/t24-/m1/s1. The van der Waals surface area contributed by atoms with E-state index in [0.717, 1.165) is 17.9 Å². The number of carbonyl (C=O) groups is 2. The topological polar surface area (TPSA) is 86.8 Å². The van der Waals surface area contributed by atoms with Gasteiger partial charge in [0.2, 0.25) is 21.8 Å². The molecule has 0 aliphatic heterocycles. The van der Waals surface area contributed by atoms with Gasteiger partial charge in [0.1, 0.15) is 24.2 Å². The molecule has 0 aliphatic rings. The number of rotatable bonds is 10. The van der Waals surface area contributed by atoms with Gasteiger partial charge in [-0.2, -0.15) is 0 Å². The maximum absolute atomic E-state index is 14.5. The Morgan fingerprint density at radius 1 is 0.889 bits per heavy atom. The van der Waals surface area contributed by atoms with Crippen LogP contribution in [0.4, 0.5) is 14.5 Å². The molecule has 0 aliphatic carbocycles. The zero-order valence-electron chi connectivity index (χ0n) is 19.9. The van der Waals surface area contributed by atoms with E-state index < -0.39 is 46.1 Å². The zero-order valence-corrected chi connectivity index (χ0v) is 20.7. The van der Waals surface area contributed by atoms with Crippen LogP contribution in [-0.4, -0.2) is 51.0 Å². The minimum absolute atomic E-state index is 0.0983. The molecule has 0 saturated heterocycles. The lowest BCUT2D eigenvalue weighted by atomic mass is 10.0. The lowest BCUT2D eigenvalue weighted by Crippen LogP contribution is -2.53. The number of hydrogen-bond donors (Lipinski definition) is 1. The highest BCUT2D eigenvalue weighted by Gasteiger charge is 2.33. The summed E-state index contributed by atoms with van der Waals surface area (Å²) < 4.78 is 53.8. The largest absolute Gasteiger partial charge is 0.357 e. The monoisotopic (exact) mass is 515 g/mol. The molecule has 0 aromatic heterocycles. The van der Waals surface area contributed by atoms with Crippen molar-refractivity contribution in [3.63, 3.8) is 0 Å². The minimum atomic E-state index is -4.06. The first-order chi connectivity index (χ1) is 17.1. The van der Waals surface area contributed by atoms with Crippen LogP contribution in [0.15, 0.2) is 78.9 Å². The highest BCUT2D eigenvalue weighted by molar-refractivity contribution is 7.92. The SMILES string of the molecule is CNC(=O)[C@@H](Cc1ccccc1)N(Cc1ccc(F)cc1)C(=O)CN(c1ccccc1F)S(C)(=O)=O. The van der Waals surface area contributed by atoms with E-state index in [0.29, 0.717) is 9.87 Å². The second kappa shape index (κ2) is 11.8. The number of nitrogens with one attached hydrogen (secondary N) is 1. The maximum Gasteiger partial charge on any atom is 0.244 e. The molecule has 190 valence electrons. The Bertz CT molecular complexity index is 1300. The van der Waals surface area contributed by atoms with Crippen LogP contribution in [0.3, 0.4) is 0 Å². The summed E-state index contributed by atoms with van der Waals surface area (Å²) >= 11 is 0. The minimum Gasteiger partial charge on any atom is -0.357 e. The van der Waals surface area contributed by atoms with Crippen LogP contribution < -0.4 is 9.62 Å². The van der Waals surface area contributed by atoms with Crippen LogP contribution in [0.5, 0.6) is 0 Å². The van der Waals surface area contributed by atoms with Crippen molar-refractivity contribution < 1.29 is 26.8 Å². The molecule has 2 amide bonds. The molecule has 0 spiro atoms. The van der Waals surface area contributed by atoms with Gasteiger partial charge in [0, 0.05) is 20.0 Å². The molecule has 10 heteroatoms. The first-order valence-corrected chi connectivity index (χ1v) is 13.0. The molecule has 0 unspecified atom stereocenters. The predicted molar refractivity (Wildman–Crippen MR) is 134 cm³/mol. The highest BCUT2D eigenvalue weighted by atomic mass is 32.2. The molecular formula is C26H27F2N3O4S. The number of hydrogen-bond acceptors (Lipinski definition) is 4. The average molecular weight is 516 g/mol. The van der Waals surface area contributed by atoms with Crippen molar-refractivity contribution in [1.82, 2.24) is 10.2 Å². The van der Waals surface area contributed by atoms with Crippen molar-refractivity contribution >= 4 is 27.5 Å². The van der Waals surface area contributed by atoms with E-state index in [1.165, 1.54) is 54.4 Å². The van der Waals surface area contributed by atoms with Gasteiger partial charge < -0.3 is 10.2 Å². The Morgan fingerprint density at radius 2 is 1.50 bits per heavy atom. The fourth-order valence-electron chi connectivity index (χ4n) is 3.76. The molecule has 3 rings (SSSR count). The predicted octanol–water partition coefficient (Wildman–Crippen LogP) is 3.12. The van der Waals surface area contributed by atoms with E-state index in [1.807, 2.05) is 6.07 Å². The number of benzene rings is 3. The van der Waals surface area contributed by atoms with Crippen LogP contribution in [0.25, 0.3) is 0 Å². The van der Waals surface area contributed by atoms with Gasteiger partial charge in [0.05, 0.1) is 11.9 Å². The molecule has 3 aromatic rings. The average Bonchev–Trinajstić information content (AvgIpc) is 2.85. The summed E-state index contributed by atoms with van der Waals surface area (Å²) in [5, 5.41) is 2.56. The van der Waals surface area contributed by atoms with Gasteiger partial charge in [0.15, 0.2) is 0 Å². The molecule has 0 radical (unpaired) electrons. The fourth-order valence-corrected chi connectivity index (χ4v) is 4.61. The van der Waals surface area contributed by atoms with Gasteiger partial charge in [-0.1, -0.05) is 54.6 Å². The van der Waals surface area contributed by atoms with Crippen LogP contribution in [-0.2, 0) is 32.6 Å². The van der Waals surface area contributed by atoms with Gasteiger partial charge in [-0.25, -0.2) is 17.2 Å². The van der Waals surface area contributed by atoms with Gasteiger partial charge in [-0.3, -0.25) is 13.9 Å². The first-order valence-electron chi connectivity index (χ1n) is 11.1. The van der Waals surface area contributed by atoms with E-state index in [4.69, 9.17) is 0 Å². The Morgan fingerprint density at radius 3 is 2.08 bits per heavy atom. The molecule has 0 bridgehead atoms. The Kier molecular flexibility index (Phi) is 8.76. The number of sulfonamides is 1. The molecule has 0 saturated carbocycles. The lowest BCUT2D eigenvalue weighted by Gasteiger charge is -2.33. The molecule has 1 atom stereocenters. The molecule has 7 nitrogen and oxygen atoms in total. The number of nitrogens with zero attached hydrogens (tertiary/aromatic N) is 2. The van der Waals surface area contributed by atoms with Crippen LogP contribution in [0.1, 0.15) is 11.1 Å². The van der Waals surface area contributed by atoms with E-state index in [9.17, 15) is 26.8 Å². The maximum atomic E-state index is 14.5. The third-order valence-electron chi connectivity index (χ3n) is 5.58. The van der Waals surface area contributed by atoms with E-state index in [2.05, 4.69) is 5.32 Å². The summed E-state index contributed by atoms with van der Waals surface area (Å²) in [4.78, 5) is 27.8. The van der Waals surface area contributed by atoms with E-state index >= 15 is 0 Å². The van der Waals surface area contributed by atoms with Crippen molar-refractivity contribution in [2.75, 3.05) is 24.2 Å². The van der Waals surface area contributed by atoms with E-state index in [-0.39, 0.29) is 18.7 Å². The Balaban J connectivity index is 2.03. The summed E-state index contributed by atoms with van der Waals surface area (Å²) in [6.07, 6.45) is 1.02. The summed E-state index contributed by atoms with van der Waals surface area (Å²) in [5.41, 5.74) is 1.02. The number of carbonyl (C=O) groups excluding carboxylic acids is 2. The third-order valence-corrected chi connectivity index (χ3v) is 6.71. The van der Waals surface area contributed by atoms with Gasteiger partial charge in [-0.15, -0.1) is 0 Å². The van der Waals surface area contributed by atoms with Crippen LogP contribution >= 0.6 is 0 Å². The fraction of sp³-hybridized carbons (Fsp3) is 0.231. The second-order valence-electron chi connectivity index (χ2n) is 8.19. The van der Waals surface area contributed by atoms with Crippen molar-refractivity contribution in [1.29, 1.82) is 0 Å². The second-order valence-corrected chi connectivity index (χ2v) is 10.1. The van der Waals surface area contributed by atoms with Gasteiger partial charge >= 0.3 is 0 Å². The van der Waals surface area contributed by atoms with Crippen molar-refractivity contribution in [3.8, 4) is 0 Å². The number of anilines is 1. The van der Waals surface area contributed by atoms with Crippen LogP contribution in [0.2, 0.25) is 0 Å². The molecule has 36 heavy (non-hydrogen) atoms. The molecule has 1 N–H and O–H groups in total. The summed E-state index contributed by atoms with van der Waals surface area (Å²) in [6, 6.07) is 18.6. The number of halogens is 2. The van der Waals surface area contributed by atoms with Gasteiger partial charge in [0.25, 0.3) is 0 Å². The summed E-state index contributed by atoms with van der Waals surface area (Å²) in [5.74, 6) is -2.47. The smallest absolute Gasteiger partial charge is 0.244 e. The van der Waals surface area contributed by atoms with Crippen molar-refractivity contribution in [3.05, 3.63) is 102 Å². The Hall–Kier alpha value is -3.79. The van der Waals surface area contributed by atoms with Crippen molar-refractivity contribution in [2.45, 2.75) is 19.0 Å².